The van der Waals surface area contributed by atoms with Crippen LogP contribution in [-0.2, 0) is 21.2 Å². The Morgan fingerprint density at radius 1 is 0.857 bits per heavy atom. The topological polar surface area (TPSA) is 68.3 Å². The lowest BCUT2D eigenvalue weighted by Crippen LogP contribution is -1.18. The van der Waals surface area contributed by atoms with Gasteiger partial charge in [0.05, 0.1) is 0 Å². The molecule has 0 saturated carbocycles. The molecule has 0 heterocycles. The van der Waals surface area contributed by atoms with Crippen LogP contribution in [0.4, 0.5) is 0 Å². The van der Waals surface area contributed by atoms with Crippen molar-refractivity contribution in [1.82, 2.24) is 0 Å². The largest absolute Gasteiger partial charge is 0.335 e. The van der Waals surface area contributed by atoms with E-state index in [9.17, 15) is 0 Å². The average molecular weight is 124 g/mol. The van der Waals surface area contributed by atoms with Crippen LogP contribution in [0.1, 0.15) is 0 Å². The summed E-state index contributed by atoms with van der Waals surface area (Å²) in [5.74, 6) is 0. The number of hydrogen-bond acceptors (Lipinski definition) is 4. The fourth-order valence-electron chi connectivity index (χ4n) is 0. The molecule has 0 aliphatic heterocycles. The van der Waals surface area contributed by atoms with Gasteiger partial charge in [-0.1, -0.05) is 0 Å². The Labute approximate surface area is 44.1 Å². The third-order valence-corrected chi connectivity index (χ3v) is 0. The van der Waals surface area contributed by atoms with Gasteiger partial charge in [-0.05, 0) is 0 Å². The summed E-state index contributed by atoms with van der Waals surface area (Å²) in [6, 6.07) is 0. The number of carbonyl (C=O) groups excluding carboxylic acids is 2. The van der Waals surface area contributed by atoms with Crippen LogP contribution in [0.15, 0.2) is 0 Å². The van der Waals surface area contributed by atoms with Crippen molar-refractivity contribution in [2.45, 2.75) is 0 Å². The van der Waals surface area contributed by atoms with Crippen molar-refractivity contribution in [3.8, 4) is 0 Å². The average Bonchev–Trinajstić information content (AvgIpc) is 1.78. The van der Waals surface area contributed by atoms with Gasteiger partial charge >= 0.3 is 11.6 Å². The van der Waals surface area contributed by atoms with Crippen LogP contribution in [0.25, 0.3) is 0 Å². The van der Waals surface area contributed by atoms with Crippen molar-refractivity contribution in [1.29, 1.82) is 0 Å². The minimum absolute atomic E-state index is 0.750. The predicted molar refractivity (Wildman–Crippen MR) is 23.2 cm³/mol. The molecule has 42 valence electrons. The van der Waals surface area contributed by atoms with E-state index in [1.165, 1.54) is 0 Å². The highest BCUT2D eigenvalue weighted by Crippen LogP contribution is 0.846. The zero-order chi connectivity index (χ0) is 6.71. The Balaban J connectivity index is -0.0000000360. The van der Waals surface area contributed by atoms with Crippen LogP contribution in [0, 0.1) is 0 Å². The number of carbonyl (C=O) groups is 2. The molecule has 0 rings (SSSR count). The zero-order valence-corrected chi connectivity index (χ0v) is 4.27. The highest BCUT2D eigenvalue weighted by atomic mass is 32.1. The van der Waals surface area contributed by atoms with E-state index in [0.29, 0.717) is 0 Å². The molecule has 0 atom stereocenters. The molecule has 0 radical (unpaired) electrons. The van der Waals surface area contributed by atoms with Crippen molar-refractivity contribution < 1.29 is 18.0 Å². The van der Waals surface area contributed by atoms with Gasteiger partial charge in [0.15, 0.2) is 0 Å². The van der Waals surface area contributed by atoms with Crippen LogP contribution in [0.2, 0.25) is 0 Å². The van der Waals surface area contributed by atoms with Crippen molar-refractivity contribution in [3.63, 3.8) is 0 Å². The fraction of sp³-hybridized carbons (Fsp3) is 0. The second-order valence-corrected chi connectivity index (χ2v) is 0.204. The first-order valence-corrected chi connectivity index (χ1v) is 1.58. The normalized spacial score (nSPS) is 2.86. The summed E-state index contributed by atoms with van der Waals surface area (Å²) < 4.78 is 16.6. The quantitative estimate of drug-likeness (QED) is 0.413. The lowest BCUT2D eigenvalue weighted by molar-refractivity contribution is -0.0987. The standard InChI is InChI=1S/2CH2O.O2S/c2*1-2;1-3-2/h2*1H2;. The third-order valence-electron chi connectivity index (χ3n) is 0. The van der Waals surface area contributed by atoms with E-state index in [1.807, 2.05) is 13.6 Å². The van der Waals surface area contributed by atoms with Gasteiger partial charge in [0.25, 0.3) is 0 Å². The van der Waals surface area contributed by atoms with Gasteiger partial charge < -0.3 is 9.59 Å². The molecule has 0 saturated heterocycles. The first-order valence-electron chi connectivity index (χ1n) is 0.911. The molecule has 0 fully saturated rings. The predicted octanol–water partition coefficient (Wildman–Crippen LogP) is -1.04. The molecule has 0 aliphatic rings. The summed E-state index contributed by atoms with van der Waals surface area (Å²) in [5.41, 5.74) is 0. The molecule has 0 aliphatic carbocycles. The monoisotopic (exact) mass is 124 g/mol. The number of hydrogen-bond donors (Lipinski definition) is 0. The van der Waals surface area contributed by atoms with Crippen LogP contribution in [0.3, 0.4) is 0 Å². The first-order chi connectivity index (χ1) is 3.41. The van der Waals surface area contributed by atoms with Gasteiger partial charge in [-0.25, -0.2) is 0 Å². The molecule has 0 unspecified atom stereocenters. The Morgan fingerprint density at radius 3 is 0.857 bits per heavy atom. The van der Waals surface area contributed by atoms with Crippen LogP contribution in [0.5, 0.6) is 0 Å². The molecule has 0 aromatic heterocycles. The lowest BCUT2D eigenvalue weighted by Gasteiger charge is -0.947. The summed E-state index contributed by atoms with van der Waals surface area (Å²) in [5, 5.41) is 0. The van der Waals surface area contributed by atoms with Crippen molar-refractivity contribution in [3.05, 3.63) is 0 Å². The molecule has 0 bridgehead atoms. The summed E-state index contributed by atoms with van der Waals surface area (Å²) in [4.78, 5) is 16.0. The maximum atomic E-state index is 8.29. The summed E-state index contributed by atoms with van der Waals surface area (Å²) in [6.45, 7) is 4.00. The molecule has 0 aromatic carbocycles. The maximum absolute atomic E-state index is 8.29. The van der Waals surface area contributed by atoms with E-state index in [-0.39, 0.29) is 0 Å². The zero-order valence-electron chi connectivity index (χ0n) is 3.46. The van der Waals surface area contributed by atoms with Gasteiger partial charge in [0, 0.05) is 0 Å². The Morgan fingerprint density at radius 2 is 0.857 bits per heavy atom. The van der Waals surface area contributed by atoms with E-state index < -0.39 is 11.6 Å². The molecule has 5 heteroatoms. The Hall–Kier alpha value is -0.840. The highest BCUT2D eigenvalue weighted by Gasteiger charge is 1.12. The molecular formula is C2H4O4S. The number of rotatable bonds is 0. The van der Waals surface area contributed by atoms with Crippen LogP contribution in [-0.4, -0.2) is 22.0 Å². The second-order valence-electron chi connectivity index (χ2n) is 0.0680. The van der Waals surface area contributed by atoms with Gasteiger partial charge in [-0.2, -0.15) is 8.42 Å². The smallest absolute Gasteiger partial charge is 0.307 e. The van der Waals surface area contributed by atoms with E-state index in [0.717, 1.165) is 0 Å². The maximum Gasteiger partial charge on any atom is 0.335 e. The summed E-state index contributed by atoms with van der Waals surface area (Å²) in [6.07, 6.45) is 0. The fourth-order valence-corrected chi connectivity index (χ4v) is 0. The van der Waals surface area contributed by atoms with Crippen LogP contribution >= 0.6 is 0 Å². The van der Waals surface area contributed by atoms with Gasteiger partial charge in [-0.15, -0.1) is 0 Å². The molecule has 0 aromatic rings. The minimum Gasteiger partial charge on any atom is -0.307 e. The second kappa shape index (κ2) is 3490. The first kappa shape index (κ1) is 16.4. The van der Waals surface area contributed by atoms with Gasteiger partial charge in [0.2, 0.25) is 0 Å². The Kier molecular flexibility index (Phi) is 8180. The third kappa shape index (κ3) is 73.0. The SMILES string of the molecule is C=O.C=O.O=S=O. The summed E-state index contributed by atoms with van der Waals surface area (Å²) in [7, 11) is 0. The Bertz CT molecular complexity index is 45.7. The molecule has 0 spiro atoms. The van der Waals surface area contributed by atoms with E-state index in [2.05, 4.69) is 0 Å². The minimum atomic E-state index is -0.750. The lowest BCUT2D eigenvalue weighted by atomic mass is 11.9. The van der Waals surface area contributed by atoms with E-state index in [4.69, 9.17) is 18.0 Å². The van der Waals surface area contributed by atoms with E-state index >= 15 is 0 Å². The molecule has 4 nitrogen and oxygen atoms in total. The van der Waals surface area contributed by atoms with Crippen LogP contribution < -0.4 is 0 Å². The van der Waals surface area contributed by atoms with Crippen molar-refractivity contribution >= 4 is 25.1 Å². The molecule has 7 heavy (non-hydrogen) atoms. The van der Waals surface area contributed by atoms with Crippen molar-refractivity contribution in [2.75, 3.05) is 0 Å². The van der Waals surface area contributed by atoms with Gasteiger partial charge in [-0.3, -0.25) is 0 Å². The molecule has 0 N–H and O–H groups in total. The molecule has 0 amide bonds. The summed E-state index contributed by atoms with van der Waals surface area (Å²) >= 11 is -0.750. The van der Waals surface area contributed by atoms with Gasteiger partial charge in [0.1, 0.15) is 13.6 Å². The van der Waals surface area contributed by atoms with E-state index in [1.54, 1.807) is 0 Å². The molecular weight excluding hydrogens is 120 g/mol. The highest BCUT2D eigenvalue weighted by molar-refractivity contribution is 7.51. The van der Waals surface area contributed by atoms with Crippen molar-refractivity contribution in [2.24, 2.45) is 0 Å².